The molecule has 0 aliphatic heterocycles. The van der Waals surface area contributed by atoms with Crippen LogP contribution in [0.15, 0.2) is 36.4 Å². The van der Waals surface area contributed by atoms with Gasteiger partial charge in [0, 0.05) is 12.6 Å². The van der Waals surface area contributed by atoms with Crippen LogP contribution < -0.4 is 9.62 Å². The normalized spacial score (nSPS) is 13.1. The van der Waals surface area contributed by atoms with Crippen LogP contribution in [-0.4, -0.2) is 50.0 Å². The Kier molecular flexibility index (Phi) is 10.0. The average molecular weight is 543 g/mol. The van der Waals surface area contributed by atoms with Crippen molar-refractivity contribution in [3.05, 3.63) is 63.1 Å². The summed E-state index contributed by atoms with van der Waals surface area (Å²) in [5, 5.41) is 3.58. The zero-order valence-corrected chi connectivity index (χ0v) is 23.3. The molecular weight excluding hydrogens is 509 g/mol. The smallest absolute Gasteiger partial charge is 0.244 e. The molecule has 0 aliphatic carbocycles. The van der Waals surface area contributed by atoms with E-state index in [2.05, 4.69) is 5.32 Å². The highest BCUT2D eigenvalue weighted by Crippen LogP contribution is 2.25. The van der Waals surface area contributed by atoms with Crippen molar-refractivity contribution < 1.29 is 18.0 Å². The number of aryl methyl sites for hydroxylation is 2. The molecular formula is C25H33Cl2N3O4S. The summed E-state index contributed by atoms with van der Waals surface area (Å²) in [6.07, 6.45) is 1.78. The first-order valence-electron chi connectivity index (χ1n) is 11.3. The average Bonchev–Trinajstić information content (AvgIpc) is 2.78. The van der Waals surface area contributed by atoms with Crippen LogP contribution in [-0.2, 0) is 26.2 Å². The number of nitrogens with zero attached hydrogens (tertiary/aromatic N) is 2. The van der Waals surface area contributed by atoms with Gasteiger partial charge in [0.25, 0.3) is 0 Å². The molecule has 2 unspecified atom stereocenters. The minimum atomic E-state index is -3.78. The van der Waals surface area contributed by atoms with Gasteiger partial charge in [-0.15, -0.1) is 0 Å². The Labute approximate surface area is 218 Å². The molecule has 2 aromatic carbocycles. The van der Waals surface area contributed by atoms with Crippen molar-refractivity contribution in [3.8, 4) is 0 Å². The first kappa shape index (κ1) is 28.9. The van der Waals surface area contributed by atoms with Crippen LogP contribution in [0, 0.1) is 13.8 Å². The van der Waals surface area contributed by atoms with Gasteiger partial charge in [0.1, 0.15) is 12.6 Å². The first-order chi connectivity index (χ1) is 16.2. The van der Waals surface area contributed by atoms with E-state index in [1.54, 1.807) is 37.3 Å². The largest absolute Gasteiger partial charge is 0.352 e. The predicted octanol–water partition coefficient (Wildman–Crippen LogP) is 4.71. The highest BCUT2D eigenvalue weighted by molar-refractivity contribution is 7.92. The molecule has 0 radical (unpaired) electrons. The number of rotatable bonds is 10. The summed E-state index contributed by atoms with van der Waals surface area (Å²) in [7, 11) is -3.78. The molecule has 7 nitrogen and oxygen atoms in total. The van der Waals surface area contributed by atoms with Crippen LogP contribution in [0.2, 0.25) is 10.0 Å². The van der Waals surface area contributed by atoms with E-state index >= 15 is 0 Å². The van der Waals surface area contributed by atoms with Gasteiger partial charge in [-0.25, -0.2) is 8.42 Å². The molecule has 10 heteroatoms. The van der Waals surface area contributed by atoms with E-state index in [-0.39, 0.29) is 18.5 Å². The number of benzene rings is 2. The molecule has 192 valence electrons. The topological polar surface area (TPSA) is 86.8 Å². The SMILES string of the molecule is CCC(C)NC(=O)C(C)N(Cc1ccc(Cl)c(Cl)c1)C(=O)CN(c1ccc(C)c(C)c1)S(C)(=O)=O. The van der Waals surface area contributed by atoms with Crippen LogP contribution in [0.5, 0.6) is 0 Å². The zero-order chi connectivity index (χ0) is 26.5. The van der Waals surface area contributed by atoms with Gasteiger partial charge in [-0.3, -0.25) is 13.9 Å². The van der Waals surface area contributed by atoms with Crippen molar-refractivity contribution in [3.63, 3.8) is 0 Å². The van der Waals surface area contributed by atoms with Crippen molar-refractivity contribution in [1.29, 1.82) is 0 Å². The molecule has 2 rings (SSSR count). The Balaban J connectivity index is 2.43. The number of hydrogen-bond donors (Lipinski definition) is 1. The van der Waals surface area contributed by atoms with Crippen LogP contribution >= 0.6 is 23.2 Å². The minimum Gasteiger partial charge on any atom is -0.352 e. The molecule has 2 amide bonds. The molecule has 0 bridgehead atoms. The number of carbonyl (C=O) groups is 2. The number of carbonyl (C=O) groups excluding carboxylic acids is 2. The predicted molar refractivity (Wildman–Crippen MR) is 142 cm³/mol. The fourth-order valence-corrected chi connectivity index (χ4v) is 4.54. The van der Waals surface area contributed by atoms with Crippen LogP contribution in [0.1, 0.15) is 43.9 Å². The van der Waals surface area contributed by atoms with Gasteiger partial charge in [0.2, 0.25) is 21.8 Å². The molecule has 0 aromatic heterocycles. The van der Waals surface area contributed by atoms with Crippen molar-refractivity contribution in [1.82, 2.24) is 10.2 Å². The van der Waals surface area contributed by atoms with E-state index < -0.39 is 28.5 Å². The lowest BCUT2D eigenvalue weighted by atomic mass is 10.1. The third-order valence-electron chi connectivity index (χ3n) is 5.96. The Morgan fingerprint density at radius 1 is 1.00 bits per heavy atom. The second-order valence-electron chi connectivity index (χ2n) is 8.80. The highest BCUT2D eigenvalue weighted by atomic mass is 35.5. The number of hydrogen-bond acceptors (Lipinski definition) is 4. The summed E-state index contributed by atoms with van der Waals surface area (Å²) >= 11 is 12.2. The van der Waals surface area contributed by atoms with Gasteiger partial charge >= 0.3 is 0 Å². The van der Waals surface area contributed by atoms with Gasteiger partial charge in [0.05, 0.1) is 22.0 Å². The molecule has 2 aromatic rings. The number of amides is 2. The maximum Gasteiger partial charge on any atom is 0.244 e. The van der Waals surface area contributed by atoms with E-state index in [4.69, 9.17) is 23.2 Å². The van der Waals surface area contributed by atoms with Crippen LogP contribution in [0.4, 0.5) is 5.69 Å². The monoisotopic (exact) mass is 541 g/mol. The first-order valence-corrected chi connectivity index (χ1v) is 13.9. The molecule has 0 spiro atoms. The van der Waals surface area contributed by atoms with E-state index in [0.29, 0.717) is 21.3 Å². The quantitative estimate of drug-likeness (QED) is 0.471. The van der Waals surface area contributed by atoms with Crippen LogP contribution in [0.25, 0.3) is 0 Å². The van der Waals surface area contributed by atoms with Crippen molar-refractivity contribution in [2.45, 2.75) is 59.7 Å². The number of halogens is 2. The standard InChI is InChI=1S/C25H33Cl2N3O4S/c1-7-18(4)28-25(32)19(5)29(14-20-9-11-22(26)23(27)13-20)24(31)15-30(35(6,33)34)21-10-8-16(2)17(3)12-21/h8-13,18-19H,7,14-15H2,1-6H3,(H,28,32). The lowest BCUT2D eigenvalue weighted by molar-refractivity contribution is -0.139. The number of sulfonamides is 1. The summed E-state index contributed by atoms with van der Waals surface area (Å²) in [6, 6.07) is 9.23. The fraction of sp³-hybridized carbons (Fsp3) is 0.440. The van der Waals surface area contributed by atoms with E-state index in [9.17, 15) is 18.0 Å². The molecule has 1 N–H and O–H groups in total. The maximum absolute atomic E-state index is 13.6. The van der Waals surface area contributed by atoms with E-state index in [1.807, 2.05) is 33.8 Å². The highest BCUT2D eigenvalue weighted by Gasteiger charge is 2.30. The Hall–Kier alpha value is -2.29. The Morgan fingerprint density at radius 2 is 1.66 bits per heavy atom. The molecule has 0 saturated heterocycles. The maximum atomic E-state index is 13.6. The lowest BCUT2D eigenvalue weighted by Crippen LogP contribution is -2.52. The second-order valence-corrected chi connectivity index (χ2v) is 11.5. The van der Waals surface area contributed by atoms with Gasteiger partial charge < -0.3 is 10.2 Å². The van der Waals surface area contributed by atoms with Gasteiger partial charge in [-0.05, 0) is 75.1 Å². The molecule has 0 fully saturated rings. The summed E-state index contributed by atoms with van der Waals surface area (Å²) in [6.45, 7) is 8.83. The summed E-state index contributed by atoms with van der Waals surface area (Å²) < 4.78 is 26.4. The Bertz CT molecular complexity index is 1190. The van der Waals surface area contributed by atoms with Crippen LogP contribution in [0.3, 0.4) is 0 Å². The third-order valence-corrected chi connectivity index (χ3v) is 7.84. The summed E-state index contributed by atoms with van der Waals surface area (Å²) in [5.74, 6) is -0.851. The third kappa shape index (κ3) is 7.85. The van der Waals surface area contributed by atoms with Crippen molar-refractivity contribution >= 4 is 50.7 Å². The molecule has 0 saturated carbocycles. The second kappa shape index (κ2) is 12.1. The van der Waals surface area contributed by atoms with Gasteiger partial charge in [0.15, 0.2) is 0 Å². The lowest BCUT2D eigenvalue weighted by Gasteiger charge is -2.32. The molecule has 0 heterocycles. The molecule has 35 heavy (non-hydrogen) atoms. The number of nitrogens with one attached hydrogen (secondary N) is 1. The molecule has 2 atom stereocenters. The van der Waals surface area contributed by atoms with E-state index in [0.717, 1.165) is 28.1 Å². The van der Waals surface area contributed by atoms with E-state index in [1.165, 1.54) is 4.90 Å². The zero-order valence-electron chi connectivity index (χ0n) is 20.9. The Morgan fingerprint density at radius 3 is 2.20 bits per heavy atom. The number of anilines is 1. The van der Waals surface area contributed by atoms with Crippen molar-refractivity contribution in [2.24, 2.45) is 0 Å². The van der Waals surface area contributed by atoms with Gasteiger partial charge in [-0.1, -0.05) is 42.3 Å². The van der Waals surface area contributed by atoms with Gasteiger partial charge in [-0.2, -0.15) is 0 Å². The van der Waals surface area contributed by atoms with Crippen molar-refractivity contribution in [2.75, 3.05) is 17.1 Å². The minimum absolute atomic E-state index is 0.0509. The molecule has 0 aliphatic rings. The summed E-state index contributed by atoms with van der Waals surface area (Å²) in [5.41, 5.74) is 2.95. The fourth-order valence-electron chi connectivity index (χ4n) is 3.38. The summed E-state index contributed by atoms with van der Waals surface area (Å²) in [4.78, 5) is 27.8.